The second-order valence-electron chi connectivity index (χ2n) is 5.07. The van der Waals surface area contributed by atoms with Gasteiger partial charge in [-0.25, -0.2) is 0 Å². The number of fused-ring (bicyclic) bond motifs is 1. The van der Waals surface area contributed by atoms with E-state index in [0.717, 1.165) is 25.7 Å². The molecule has 3 fully saturated rings. The van der Waals surface area contributed by atoms with E-state index in [1.165, 1.54) is 25.7 Å². The van der Waals surface area contributed by atoms with Crippen molar-refractivity contribution < 1.29 is 9.53 Å². The quantitative estimate of drug-likeness (QED) is 0.600. The van der Waals surface area contributed by atoms with Crippen molar-refractivity contribution in [3.63, 3.8) is 0 Å². The third-order valence-corrected chi connectivity index (χ3v) is 4.28. The molecule has 3 unspecified atom stereocenters. The Morgan fingerprint density at radius 2 is 2.00 bits per heavy atom. The Labute approximate surface area is 85.0 Å². The zero-order valence-corrected chi connectivity index (χ0v) is 8.63. The molecule has 0 N–H and O–H groups in total. The van der Waals surface area contributed by atoms with Crippen LogP contribution in [0.2, 0.25) is 0 Å². The van der Waals surface area contributed by atoms with Crippen LogP contribution in [0.4, 0.5) is 0 Å². The molecule has 3 aliphatic rings. The van der Waals surface area contributed by atoms with Gasteiger partial charge in [0, 0.05) is 12.3 Å². The van der Waals surface area contributed by atoms with Gasteiger partial charge in [0.2, 0.25) is 0 Å². The number of carbonyl (C=O) groups excluding carboxylic acids is 1. The molecule has 0 aromatic heterocycles. The van der Waals surface area contributed by atoms with Crippen molar-refractivity contribution in [3.8, 4) is 0 Å². The van der Waals surface area contributed by atoms with Crippen LogP contribution in [0.25, 0.3) is 0 Å². The summed E-state index contributed by atoms with van der Waals surface area (Å²) in [4.78, 5) is 11.8. The van der Waals surface area contributed by atoms with Gasteiger partial charge in [-0.1, -0.05) is 19.3 Å². The molecule has 2 nitrogen and oxygen atoms in total. The maximum Gasteiger partial charge on any atom is 0.138 e. The Balaban J connectivity index is 1.77. The number of epoxide rings is 1. The molecule has 2 heteroatoms. The van der Waals surface area contributed by atoms with E-state index in [4.69, 9.17) is 4.74 Å². The van der Waals surface area contributed by atoms with Crippen molar-refractivity contribution in [2.75, 3.05) is 0 Å². The fourth-order valence-corrected chi connectivity index (χ4v) is 3.47. The van der Waals surface area contributed by atoms with E-state index < -0.39 is 0 Å². The van der Waals surface area contributed by atoms with Gasteiger partial charge in [0.05, 0.1) is 6.10 Å². The van der Waals surface area contributed by atoms with E-state index in [-0.39, 0.29) is 11.5 Å². The third kappa shape index (κ3) is 1.16. The number of hydrogen-bond donors (Lipinski definition) is 0. The lowest BCUT2D eigenvalue weighted by atomic mass is 9.72. The Morgan fingerprint density at radius 1 is 1.14 bits per heavy atom. The highest BCUT2D eigenvalue weighted by molar-refractivity contribution is 5.83. The number of carbonyl (C=O) groups is 1. The molecule has 78 valence electrons. The molecule has 0 bridgehead atoms. The predicted octanol–water partition coefficient (Wildman–Crippen LogP) is 2.46. The first-order valence-electron chi connectivity index (χ1n) is 6.03. The Bertz CT molecular complexity index is 261. The second-order valence-corrected chi connectivity index (χ2v) is 5.07. The van der Waals surface area contributed by atoms with Crippen molar-refractivity contribution >= 4 is 5.78 Å². The highest BCUT2D eigenvalue weighted by Gasteiger charge is 2.63. The summed E-state index contributed by atoms with van der Waals surface area (Å²) in [6.07, 6.45) is 9.59. The minimum atomic E-state index is 0.0375. The van der Waals surface area contributed by atoms with Crippen LogP contribution in [0.5, 0.6) is 0 Å². The normalized spacial score (nSPS) is 47.3. The average Bonchev–Trinajstić information content (AvgIpc) is 2.93. The molecular weight excluding hydrogens is 176 g/mol. The van der Waals surface area contributed by atoms with Gasteiger partial charge in [-0.05, 0) is 25.7 Å². The van der Waals surface area contributed by atoms with Crippen LogP contribution < -0.4 is 0 Å². The molecule has 14 heavy (non-hydrogen) atoms. The smallest absolute Gasteiger partial charge is 0.138 e. The molecule has 0 aromatic rings. The van der Waals surface area contributed by atoms with Crippen LogP contribution in [0.3, 0.4) is 0 Å². The fraction of sp³-hybridized carbons (Fsp3) is 0.917. The number of rotatable bonds is 1. The molecule has 3 atom stereocenters. The number of ether oxygens (including phenoxy) is 1. The minimum Gasteiger partial charge on any atom is -0.365 e. The lowest BCUT2D eigenvalue weighted by molar-refractivity contribution is -0.127. The maximum atomic E-state index is 11.8. The zero-order chi connectivity index (χ0) is 9.60. The van der Waals surface area contributed by atoms with Crippen molar-refractivity contribution in [2.45, 2.75) is 63.1 Å². The molecule has 1 aliphatic heterocycles. The molecule has 2 saturated carbocycles. The lowest BCUT2D eigenvalue weighted by Gasteiger charge is -2.29. The summed E-state index contributed by atoms with van der Waals surface area (Å²) < 4.78 is 5.85. The fourth-order valence-electron chi connectivity index (χ4n) is 3.47. The van der Waals surface area contributed by atoms with Gasteiger partial charge in [0.1, 0.15) is 11.4 Å². The first-order chi connectivity index (χ1) is 6.83. The zero-order valence-electron chi connectivity index (χ0n) is 8.63. The van der Waals surface area contributed by atoms with Crippen LogP contribution in [0, 0.1) is 5.92 Å². The SMILES string of the molecule is O=C1CCCCC1C12CCCCC1O2. The monoisotopic (exact) mass is 194 g/mol. The summed E-state index contributed by atoms with van der Waals surface area (Å²) >= 11 is 0. The highest BCUT2D eigenvalue weighted by Crippen LogP contribution is 2.55. The first-order valence-corrected chi connectivity index (χ1v) is 6.03. The summed E-state index contributed by atoms with van der Waals surface area (Å²) in [5, 5.41) is 0. The van der Waals surface area contributed by atoms with Crippen LogP contribution in [0.15, 0.2) is 0 Å². The topological polar surface area (TPSA) is 29.6 Å². The molecular formula is C12H18O2. The summed E-state index contributed by atoms with van der Waals surface area (Å²) in [5.74, 6) is 0.752. The summed E-state index contributed by atoms with van der Waals surface area (Å²) in [6, 6.07) is 0. The van der Waals surface area contributed by atoms with Crippen LogP contribution >= 0.6 is 0 Å². The van der Waals surface area contributed by atoms with E-state index in [1.807, 2.05) is 0 Å². The van der Waals surface area contributed by atoms with Crippen LogP contribution in [-0.4, -0.2) is 17.5 Å². The van der Waals surface area contributed by atoms with Gasteiger partial charge in [-0.15, -0.1) is 0 Å². The first kappa shape index (κ1) is 8.90. The second kappa shape index (κ2) is 3.06. The van der Waals surface area contributed by atoms with Crippen molar-refractivity contribution in [1.29, 1.82) is 0 Å². The number of ketones is 1. The molecule has 0 aromatic carbocycles. The van der Waals surface area contributed by atoms with E-state index in [1.54, 1.807) is 0 Å². The average molecular weight is 194 g/mol. The molecule has 0 spiro atoms. The minimum absolute atomic E-state index is 0.0375. The Hall–Kier alpha value is -0.370. The van der Waals surface area contributed by atoms with Crippen molar-refractivity contribution in [2.24, 2.45) is 5.92 Å². The maximum absolute atomic E-state index is 11.8. The summed E-state index contributed by atoms with van der Waals surface area (Å²) in [6.45, 7) is 0. The number of hydrogen-bond acceptors (Lipinski definition) is 2. The van der Waals surface area contributed by atoms with Crippen molar-refractivity contribution in [1.82, 2.24) is 0 Å². The van der Waals surface area contributed by atoms with E-state index >= 15 is 0 Å². The number of Topliss-reactive ketones (excluding diaryl/α,β-unsaturated/α-hetero) is 1. The Kier molecular flexibility index (Phi) is 1.94. The van der Waals surface area contributed by atoms with Crippen molar-refractivity contribution in [3.05, 3.63) is 0 Å². The van der Waals surface area contributed by atoms with E-state index in [9.17, 15) is 4.79 Å². The summed E-state index contributed by atoms with van der Waals surface area (Å²) in [7, 11) is 0. The standard InChI is InChI=1S/C12H18O2/c13-10-6-2-1-5-9(10)12-8-4-3-7-11(12)14-12/h9,11H,1-8H2. The lowest BCUT2D eigenvalue weighted by Crippen LogP contribution is -2.37. The van der Waals surface area contributed by atoms with Gasteiger partial charge in [0.25, 0.3) is 0 Å². The predicted molar refractivity (Wildman–Crippen MR) is 53.0 cm³/mol. The molecule has 0 amide bonds. The van der Waals surface area contributed by atoms with Crippen LogP contribution in [-0.2, 0) is 9.53 Å². The summed E-state index contributed by atoms with van der Waals surface area (Å²) in [5.41, 5.74) is 0.0375. The molecule has 1 saturated heterocycles. The third-order valence-electron chi connectivity index (χ3n) is 4.28. The highest BCUT2D eigenvalue weighted by atomic mass is 16.6. The Morgan fingerprint density at radius 3 is 2.79 bits per heavy atom. The molecule has 2 aliphatic carbocycles. The van der Waals surface area contributed by atoms with Gasteiger partial charge in [0.15, 0.2) is 0 Å². The van der Waals surface area contributed by atoms with Gasteiger partial charge >= 0.3 is 0 Å². The van der Waals surface area contributed by atoms with Gasteiger partial charge in [-0.3, -0.25) is 4.79 Å². The molecule has 3 rings (SSSR count). The van der Waals surface area contributed by atoms with E-state index in [0.29, 0.717) is 11.9 Å². The van der Waals surface area contributed by atoms with E-state index in [2.05, 4.69) is 0 Å². The van der Waals surface area contributed by atoms with Crippen LogP contribution in [0.1, 0.15) is 51.4 Å². The molecule has 0 radical (unpaired) electrons. The van der Waals surface area contributed by atoms with Gasteiger partial charge in [-0.2, -0.15) is 0 Å². The molecule has 1 heterocycles. The van der Waals surface area contributed by atoms with Gasteiger partial charge < -0.3 is 4.74 Å². The largest absolute Gasteiger partial charge is 0.365 e.